The van der Waals surface area contributed by atoms with Gasteiger partial charge in [0.2, 0.25) is 0 Å². The van der Waals surface area contributed by atoms with Crippen LogP contribution >= 0.6 is 27.3 Å². The molecule has 4 heteroatoms. The van der Waals surface area contributed by atoms with E-state index >= 15 is 0 Å². The van der Waals surface area contributed by atoms with E-state index in [-0.39, 0.29) is 0 Å². The van der Waals surface area contributed by atoms with Gasteiger partial charge in [-0.1, -0.05) is 0 Å². The predicted molar refractivity (Wildman–Crippen MR) is 59.2 cm³/mol. The smallest absolute Gasteiger partial charge is 0.0971 e. The molecule has 2 N–H and O–H groups in total. The predicted octanol–water partition coefficient (Wildman–Crippen LogP) is 2.67. The molecule has 0 saturated heterocycles. The van der Waals surface area contributed by atoms with Gasteiger partial charge in [0.25, 0.3) is 0 Å². The number of hydrogen-bond donors (Lipinski definition) is 1. The average Bonchev–Trinajstić information content (AvgIpc) is 2.89. The third kappa shape index (κ3) is 2.30. The SMILES string of the molecule is NCCCc1nc(C2CC2)sc1Br. The number of nitrogens with zero attached hydrogens (tertiary/aromatic N) is 1. The highest BCUT2D eigenvalue weighted by Gasteiger charge is 2.27. The zero-order valence-electron chi connectivity index (χ0n) is 7.42. The van der Waals surface area contributed by atoms with Crippen molar-refractivity contribution in [1.82, 2.24) is 4.98 Å². The van der Waals surface area contributed by atoms with Crippen LogP contribution in [0, 0.1) is 0 Å². The zero-order valence-corrected chi connectivity index (χ0v) is 9.83. The molecule has 72 valence electrons. The molecule has 1 fully saturated rings. The van der Waals surface area contributed by atoms with Crippen molar-refractivity contribution in [2.45, 2.75) is 31.6 Å². The molecule has 13 heavy (non-hydrogen) atoms. The fourth-order valence-corrected chi connectivity index (χ4v) is 3.07. The van der Waals surface area contributed by atoms with E-state index < -0.39 is 0 Å². The fourth-order valence-electron chi connectivity index (χ4n) is 1.28. The van der Waals surface area contributed by atoms with E-state index in [9.17, 15) is 0 Å². The van der Waals surface area contributed by atoms with Gasteiger partial charge < -0.3 is 5.73 Å². The number of halogens is 1. The molecule has 1 aliphatic carbocycles. The van der Waals surface area contributed by atoms with Gasteiger partial charge in [-0.3, -0.25) is 0 Å². The lowest BCUT2D eigenvalue weighted by Gasteiger charge is -1.93. The first-order valence-corrected chi connectivity index (χ1v) is 6.27. The van der Waals surface area contributed by atoms with Crippen LogP contribution in [-0.4, -0.2) is 11.5 Å². The highest BCUT2D eigenvalue weighted by molar-refractivity contribution is 9.11. The van der Waals surface area contributed by atoms with Crippen LogP contribution in [-0.2, 0) is 6.42 Å². The molecular formula is C9H13BrN2S. The lowest BCUT2D eigenvalue weighted by atomic mass is 10.2. The maximum absolute atomic E-state index is 5.47. The normalized spacial score (nSPS) is 16.5. The Morgan fingerprint density at radius 1 is 1.54 bits per heavy atom. The fraction of sp³-hybridized carbons (Fsp3) is 0.667. The number of rotatable bonds is 4. The maximum Gasteiger partial charge on any atom is 0.0971 e. The molecule has 0 aromatic carbocycles. The van der Waals surface area contributed by atoms with E-state index in [1.165, 1.54) is 27.3 Å². The zero-order chi connectivity index (χ0) is 9.26. The third-order valence-electron chi connectivity index (χ3n) is 2.21. The van der Waals surface area contributed by atoms with Crippen molar-refractivity contribution in [3.63, 3.8) is 0 Å². The van der Waals surface area contributed by atoms with Crippen LogP contribution in [0.25, 0.3) is 0 Å². The van der Waals surface area contributed by atoms with Gasteiger partial charge in [0.1, 0.15) is 0 Å². The molecule has 0 amide bonds. The third-order valence-corrected chi connectivity index (χ3v) is 4.20. The van der Waals surface area contributed by atoms with Crippen molar-refractivity contribution < 1.29 is 0 Å². The molecule has 0 spiro atoms. The second-order valence-electron chi connectivity index (χ2n) is 3.44. The first kappa shape index (κ1) is 9.62. The van der Waals surface area contributed by atoms with Crippen LogP contribution in [0.2, 0.25) is 0 Å². The summed E-state index contributed by atoms with van der Waals surface area (Å²) in [6.07, 6.45) is 4.71. The van der Waals surface area contributed by atoms with Crippen LogP contribution in [0.1, 0.15) is 35.9 Å². The van der Waals surface area contributed by atoms with Gasteiger partial charge in [-0.2, -0.15) is 0 Å². The van der Waals surface area contributed by atoms with Gasteiger partial charge in [-0.15, -0.1) is 11.3 Å². The molecule has 0 radical (unpaired) electrons. The van der Waals surface area contributed by atoms with Crippen LogP contribution in [0.5, 0.6) is 0 Å². The van der Waals surface area contributed by atoms with Crippen LogP contribution in [0.4, 0.5) is 0 Å². The van der Waals surface area contributed by atoms with Gasteiger partial charge >= 0.3 is 0 Å². The Labute approximate surface area is 90.7 Å². The number of thiazole rings is 1. The van der Waals surface area contributed by atoms with Crippen molar-refractivity contribution in [1.29, 1.82) is 0 Å². The van der Waals surface area contributed by atoms with Gasteiger partial charge in [-0.05, 0) is 48.2 Å². The first-order chi connectivity index (χ1) is 6.31. The minimum absolute atomic E-state index is 0.753. The summed E-state index contributed by atoms with van der Waals surface area (Å²) in [5.41, 5.74) is 6.67. The van der Waals surface area contributed by atoms with E-state index in [1.54, 1.807) is 11.3 Å². The standard InChI is InChI=1S/C9H13BrN2S/c10-8-7(2-1-5-11)12-9(13-8)6-3-4-6/h6H,1-5,11H2. The average molecular weight is 261 g/mol. The summed E-state index contributed by atoms with van der Waals surface area (Å²) in [7, 11) is 0. The molecule has 0 bridgehead atoms. The van der Waals surface area contributed by atoms with Gasteiger partial charge in [-0.25, -0.2) is 4.98 Å². The molecular weight excluding hydrogens is 248 g/mol. The summed E-state index contributed by atoms with van der Waals surface area (Å²) >= 11 is 5.36. The second-order valence-corrected chi connectivity index (χ2v) is 5.79. The Kier molecular flexibility index (Phi) is 3.01. The van der Waals surface area contributed by atoms with E-state index in [4.69, 9.17) is 5.73 Å². The largest absolute Gasteiger partial charge is 0.330 e. The van der Waals surface area contributed by atoms with Crippen molar-refractivity contribution in [2.75, 3.05) is 6.54 Å². The molecule has 2 rings (SSSR count). The number of nitrogens with two attached hydrogens (primary N) is 1. The molecule has 1 saturated carbocycles. The molecule has 1 heterocycles. The quantitative estimate of drug-likeness (QED) is 0.905. The molecule has 1 aromatic rings. The minimum atomic E-state index is 0.753. The molecule has 2 nitrogen and oxygen atoms in total. The maximum atomic E-state index is 5.47. The summed E-state index contributed by atoms with van der Waals surface area (Å²) in [4.78, 5) is 4.63. The minimum Gasteiger partial charge on any atom is -0.330 e. The molecule has 1 aromatic heterocycles. The lowest BCUT2D eigenvalue weighted by molar-refractivity contribution is 0.808. The first-order valence-electron chi connectivity index (χ1n) is 4.66. The number of aromatic nitrogens is 1. The summed E-state index contributed by atoms with van der Waals surface area (Å²) in [5.74, 6) is 0.771. The van der Waals surface area contributed by atoms with Crippen molar-refractivity contribution in [3.8, 4) is 0 Å². The van der Waals surface area contributed by atoms with Crippen LogP contribution in [0.15, 0.2) is 3.79 Å². The Morgan fingerprint density at radius 2 is 2.31 bits per heavy atom. The van der Waals surface area contributed by atoms with Crippen LogP contribution < -0.4 is 5.73 Å². The van der Waals surface area contributed by atoms with Crippen molar-refractivity contribution in [2.24, 2.45) is 5.73 Å². The lowest BCUT2D eigenvalue weighted by Crippen LogP contribution is -2.00. The molecule has 0 aliphatic heterocycles. The van der Waals surface area contributed by atoms with E-state index in [0.29, 0.717) is 0 Å². The number of hydrogen-bond acceptors (Lipinski definition) is 3. The van der Waals surface area contributed by atoms with Gasteiger partial charge in [0.15, 0.2) is 0 Å². The summed E-state index contributed by atoms with van der Waals surface area (Å²) in [6, 6.07) is 0. The highest BCUT2D eigenvalue weighted by Crippen LogP contribution is 2.43. The van der Waals surface area contributed by atoms with E-state index in [0.717, 1.165) is 25.3 Å². The summed E-state index contributed by atoms with van der Waals surface area (Å²) in [5, 5.41) is 1.32. The molecule has 0 unspecified atom stereocenters. The monoisotopic (exact) mass is 260 g/mol. The van der Waals surface area contributed by atoms with E-state index in [2.05, 4.69) is 20.9 Å². The van der Waals surface area contributed by atoms with Crippen LogP contribution in [0.3, 0.4) is 0 Å². The highest BCUT2D eigenvalue weighted by atomic mass is 79.9. The summed E-state index contributed by atoms with van der Waals surface area (Å²) < 4.78 is 1.21. The van der Waals surface area contributed by atoms with Gasteiger partial charge in [0, 0.05) is 5.92 Å². The summed E-state index contributed by atoms with van der Waals surface area (Å²) in [6.45, 7) is 0.753. The Hall–Kier alpha value is 0.0700. The van der Waals surface area contributed by atoms with Crippen molar-refractivity contribution >= 4 is 27.3 Å². The van der Waals surface area contributed by atoms with Gasteiger partial charge in [0.05, 0.1) is 14.5 Å². The molecule has 1 aliphatic rings. The Balaban J connectivity index is 2.06. The Bertz CT molecular complexity index is 294. The molecule has 0 atom stereocenters. The Morgan fingerprint density at radius 3 is 2.92 bits per heavy atom. The van der Waals surface area contributed by atoms with E-state index in [1.807, 2.05) is 0 Å². The second kappa shape index (κ2) is 4.07. The topological polar surface area (TPSA) is 38.9 Å². The van der Waals surface area contributed by atoms with Crippen molar-refractivity contribution in [3.05, 3.63) is 14.5 Å². The number of aryl methyl sites for hydroxylation is 1.